The van der Waals surface area contributed by atoms with Gasteiger partial charge in [-0.3, -0.25) is 9.59 Å². The topological polar surface area (TPSA) is 86.6 Å². The second kappa shape index (κ2) is 5.29. The Kier molecular flexibility index (Phi) is 4.03. The molecule has 1 rings (SSSR count). The maximum Gasteiger partial charge on any atom is 0.308 e. The Balaban J connectivity index is 2.67. The van der Waals surface area contributed by atoms with Crippen LogP contribution in [0.4, 0.5) is 4.39 Å². The normalized spacial score (nSPS) is 11.9. The summed E-state index contributed by atoms with van der Waals surface area (Å²) < 4.78 is 13.2. The molecule has 0 saturated carbocycles. The van der Waals surface area contributed by atoms with Gasteiger partial charge >= 0.3 is 5.97 Å². The molecule has 0 aliphatic rings. The number of carboxylic acids is 1. The lowest BCUT2D eigenvalue weighted by Crippen LogP contribution is -2.31. The minimum absolute atomic E-state index is 0.0888. The van der Waals surface area contributed by atoms with E-state index in [9.17, 15) is 14.0 Å². The van der Waals surface area contributed by atoms with Crippen molar-refractivity contribution in [3.05, 3.63) is 29.6 Å². The molecule has 0 aliphatic heterocycles. The molecule has 1 unspecified atom stereocenters. The highest BCUT2D eigenvalue weighted by atomic mass is 19.1. The number of aromatic hydroxyl groups is 1. The predicted molar refractivity (Wildman–Crippen MR) is 57.2 cm³/mol. The van der Waals surface area contributed by atoms with E-state index in [1.807, 2.05) is 0 Å². The van der Waals surface area contributed by atoms with Crippen LogP contribution in [0.15, 0.2) is 18.2 Å². The van der Waals surface area contributed by atoms with Gasteiger partial charge in [0.1, 0.15) is 11.6 Å². The van der Waals surface area contributed by atoms with E-state index in [0.717, 1.165) is 12.1 Å². The fourth-order valence-electron chi connectivity index (χ4n) is 1.12. The molecule has 17 heavy (non-hydrogen) atoms. The average Bonchev–Trinajstić information content (AvgIpc) is 2.25. The van der Waals surface area contributed by atoms with E-state index in [1.165, 1.54) is 13.0 Å². The van der Waals surface area contributed by atoms with Crippen LogP contribution in [0, 0.1) is 11.7 Å². The Morgan fingerprint density at radius 2 is 2.12 bits per heavy atom. The Bertz CT molecular complexity index is 447. The van der Waals surface area contributed by atoms with E-state index in [-0.39, 0.29) is 17.9 Å². The van der Waals surface area contributed by atoms with Crippen molar-refractivity contribution in [2.75, 3.05) is 6.54 Å². The van der Waals surface area contributed by atoms with Gasteiger partial charge < -0.3 is 15.5 Å². The van der Waals surface area contributed by atoms with Crippen molar-refractivity contribution in [1.29, 1.82) is 0 Å². The molecule has 1 aromatic carbocycles. The number of hydrogen-bond donors (Lipinski definition) is 3. The van der Waals surface area contributed by atoms with Crippen LogP contribution in [0.25, 0.3) is 0 Å². The number of carbonyl (C=O) groups is 2. The largest absolute Gasteiger partial charge is 0.508 e. The first-order chi connectivity index (χ1) is 7.91. The number of hydrogen-bond acceptors (Lipinski definition) is 3. The molecule has 5 nitrogen and oxygen atoms in total. The summed E-state index contributed by atoms with van der Waals surface area (Å²) in [4.78, 5) is 22.0. The number of aliphatic carboxylic acids is 1. The standard InChI is InChI=1S/C11H12FNO4/c1-6(11(16)17)5-13-10(15)8-3-2-7(14)4-9(8)12/h2-4,6,14H,5H2,1H3,(H,13,15)(H,16,17). The molecule has 0 bridgehead atoms. The van der Waals surface area contributed by atoms with Crippen molar-refractivity contribution in [3.8, 4) is 5.75 Å². The van der Waals surface area contributed by atoms with Crippen LogP contribution in [0.2, 0.25) is 0 Å². The second-order valence-electron chi connectivity index (χ2n) is 3.61. The first-order valence-corrected chi connectivity index (χ1v) is 4.91. The number of carbonyl (C=O) groups excluding carboxylic acids is 1. The Morgan fingerprint density at radius 1 is 1.47 bits per heavy atom. The molecule has 0 fully saturated rings. The van der Waals surface area contributed by atoms with E-state index in [0.29, 0.717) is 0 Å². The zero-order chi connectivity index (χ0) is 13.0. The van der Waals surface area contributed by atoms with Crippen LogP contribution in [-0.4, -0.2) is 28.6 Å². The van der Waals surface area contributed by atoms with Gasteiger partial charge in [0.2, 0.25) is 0 Å². The summed E-state index contributed by atoms with van der Waals surface area (Å²) in [5.74, 6) is -3.64. The molecular weight excluding hydrogens is 229 g/mol. The van der Waals surface area contributed by atoms with Gasteiger partial charge in [0.25, 0.3) is 5.91 Å². The molecule has 0 heterocycles. The molecule has 92 valence electrons. The summed E-state index contributed by atoms with van der Waals surface area (Å²) in [6.45, 7) is 1.34. The van der Waals surface area contributed by atoms with Gasteiger partial charge in [-0.05, 0) is 12.1 Å². The van der Waals surface area contributed by atoms with E-state index in [4.69, 9.17) is 10.2 Å². The van der Waals surface area contributed by atoms with Crippen LogP contribution in [0.3, 0.4) is 0 Å². The zero-order valence-corrected chi connectivity index (χ0v) is 9.11. The lowest BCUT2D eigenvalue weighted by atomic mass is 10.1. The van der Waals surface area contributed by atoms with Crippen LogP contribution < -0.4 is 5.32 Å². The monoisotopic (exact) mass is 241 g/mol. The van der Waals surface area contributed by atoms with E-state index in [1.54, 1.807) is 0 Å². The fourth-order valence-corrected chi connectivity index (χ4v) is 1.12. The molecule has 3 N–H and O–H groups in total. The third kappa shape index (κ3) is 3.44. The minimum atomic E-state index is -1.04. The second-order valence-corrected chi connectivity index (χ2v) is 3.61. The summed E-state index contributed by atoms with van der Waals surface area (Å²) in [7, 11) is 0. The summed E-state index contributed by atoms with van der Waals surface area (Å²) >= 11 is 0. The maximum absolute atomic E-state index is 13.2. The molecule has 1 aromatic rings. The highest BCUT2D eigenvalue weighted by Gasteiger charge is 2.15. The number of halogens is 1. The molecule has 1 atom stereocenters. The van der Waals surface area contributed by atoms with Crippen LogP contribution >= 0.6 is 0 Å². The highest BCUT2D eigenvalue weighted by Crippen LogP contribution is 2.14. The molecule has 0 spiro atoms. The zero-order valence-electron chi connectivity index (χ0n) is 9.11. The number of phenolic OH excluding ortho intramolecular Hbond substituents is 1. The maximum atomic E-state index is 13.2. The van der Waals surface area contributed by atoms with E-state index in [2.05, 4.69) is 5.32 Å². The number of rotatable bonds is 4. The first-order valence-electron chi connectivity index (χ1n) is 4.91. The van der Waals surface area contributed by atoms with E-state index >= 15 is 0 Å². The van der Waals surface area contributed by atoms with E-state index < -0.39 is 23.6 Å². The van der Waals surface area contributed by atoms with Gasteiger partial charge in [0.15, 0.2) is 0 Å². The number of benzene rings is 1. The summed E-state index contributed by atoms with van der Waals surface area (Å²) in [6.07, 6.45) is 0. The molecular formula is C11H12FNO4. The Morgan fingerprint density at radius 3 is 2.65 bits per heavy atom. The molecule has 6 heteroatoms. The van der Waals surface area contributed by atoms with Crippen molar-refractivity contribution in [2.24, 2.45) is 5.92 Å². The number of amides is 1. The number of nitrogens with one attached hydrogen (secondary N) is 1. The minimum Gasteiger partial charge on any atom is -0.508 e. The molecule has 0 radical (unpaired) electrons. The fraction of sp³-hybridized carbons (Fsp3) is 0.273. The molecule has 0 aromatic heterocycles. The van der Waals surface area contributed by atoms with Gasteiger partial charge in [-0.25, -0.2) is 4.39 Å². The average molecular weight is 241 g/mol. The lowest BCUT2D eigenvalue weighted by Gasteiger charge is -2.09. The van der Waals surface area contributed by atoms with Crippen LogP contribution in [-0.2, 0) is 4.79 Å². The Labute approximate surface area is 96.9 Å². The lowest BCUT2D eigenvalue weighted by molar-refractivity contribution is -0.140. The van der Waals surface area contributed by atoms with Crippen molar-refractivity contribution in [1.82, 2.24) is 5.32 Å². The molecule has 0 aliphatic carbocycles. The Hall–Kier alpha value is -2.11. The predicted octanol–water partition coefficient (Wildman–Crippen LogP) is 0.982. The quantitative estimate of drug-likeness (QED) is 0.733. The van der Waals surface area contributed by atoms with Gasteiger partial charge in [-0.15, -0.1) is 0 Å². The van der Waals surface area contributed by atoms with Crippen molar-refractivity contribution >= 4 is 11.9 Å². The number of phenols is 1. The molecule has 0 saturated heterocycles. The third-order valence-corrected chi connectivity index (χ3v) is 2.19. The highest BCUT2D eigenvalue weighted by molar-refractivity contribution is 5.94. The molecule has 1 amide bonds. The summed E-state index contributed by atoms with van der Waals surface area (Å²) in [6, 6.07) is 3.12. The van der Waals surface area contributed by atoms with Crippen molar-refractivity contribution in [3.63, 3.8) is 0 Å². The van der Waals surface area contributed by atoms with Gasteiger partial charge in [0.05, 0.1) is 11.5 Å². The van der Waals surface area contributed by atoms with Crippen molar-refractivity contribution < 1.29 is 24.2 Å². The van der Waals surface area contributed by atoms with Gasteiger partial charge in [0, 0.05) is 12.6 Å². The van der Waals surface area contributed by atoms with Crippen LogP contribution in [0.5, 0.6) is 5.75 Å². The third-order valence-electron chi connectivity index (χ3n) is 2.19. The smallest absolute Gasteiger partial charge is 0.308 e. The summed E-state index contributed by atoms with van der Waals surface area (Å²) in [5.41, 5.74) is -0.236. The van der Waals surface area contributed by atoms with Gasteiger partial charge in [-0.2, -0.15) is 0 Å². The van der Waals surface area contributed by atoms with Gasteiger partial charge in [-0.1, -0.05) is 6.92 Å². The van der Waals surface area contributed by atoms with Crippen LogP contribution in [0.1, 0.15) is 17.3 Å². The van der Waals surface area contributed by atoms with Crippen molar-refractivity contribution in [2.45, 2.75) is 6.92 Å². The SMILES string of the molecule is CC(CNC(=O)c1ccc(O)cc1F)C(=O)O. The first kappa shape index (κ1) is 13.0. The summed E-state index contributed by atoms with van der Waals surface area (Å²) in [5, 5.41) is 19.9. The number of carboxylic acid groups (broad SMARTS) is 1.